The van der Waals surface area contributed by atoms with Crippen LogP contribution in [-0.4, -0.2) is 22.6 Å². The van der Waals surface area contributed by atoms with Crippen LogP contribution in [0.2, 0.25) is 0 Å². The van der Waals surface area contributed by atoms with Crippen molar-refractivity contribution in [3.63, 3.8) is 0 Å². The second-order valence-electron chi connectivity index (χ2n) is 4.48. The average molecular weight is 205 g/mol. The first-order valence-electron chi connectivity index (χ1n) is 5.67. The Hall–Kier alpha value is -1.32. The number of carbonyl (C=O) groups is 1. The van der Waals surface area contributed by atoms with E-state index in [1.54, 1.807) is 0 Å². The molecule has 2 aliphatic rings. The first-order valence-corrected chi connectivity index (χ1v) is 5.67. The van der Waals surface area contributed by atoms with Crippen LogP contribution in [0.1, 0.15) is 42.1 Å². The summed E-state index contributed by atoms with van der Waals surface area (Å²) in [4.78, 5) is 11.2. The van der Waals surface area contributed by atoms with Gasteiger partial charge in [-0.05, 0) is 31.2 Å². The zero-order valence-corrected chi connectivity index (χ0v) is 8.68. The molecule has 15 heavy (non-hydrogen) atoms. The maximum absolute atomic E-state index is 11.2. The van der Waals surface area contributed by atoms with E-state index in [4.69, 9.17) is 0 Å². The summed E-state index contributed by atoms with van der Waals surface area (Å²) in [6, 6.07) is 0. The van der Waals surface area contributed by atoms with Crippen molar-refractivity contribution in [3.05, 3.63) is 17.0 Å². The van der Waals surface area contributed by atoms with Gasteiger partial charge in [-0.25, -0.2) is 0 Å². The monoisotopic (exact) mass is 205 g/mol. The minimum Gasteiger partial charge on any atom is -0.355 e. The normalized spacial score (nSPS) is 25.1. The lowest BCUT2D eigenvalue weighted by Gasteiger charge is -2.13. The predicted molar refractivity (Wildman–Crippen MR) is 55.6 cm³/mol. The number of nitrogens with zero attached hydrogens (tertiary/aromatic N) is 1. The first-order chi connectivity index (χ1) is 7.34. The van der Waals surface area contributed by atoms with Crippen LogP contribution < -0.4 is 5.32 Å². The summed E-state index contributed by atoms with van der Waals surface area (Å²) in [5, 5.41) is 10.4. The van der Waals surface area contributed by atoms with Gasteiger partial charge in [0.1, 0.15) is 0 Å². The zero-order chi connectivity index (χ0) is 10.3. The third-order valence-corrected chi connectivity index (χ3v) is 3.45. The molecule has 2 N–H and O–H groups in total. The molecule has 2 heterocycles. The highest BCUT2D eigenvalue weighted by atomic mass is 16.1. The largest absolute Gasteiger partial charge is 0.355 e. The minimum absolute atomic E-state index is 0.160. The Morgan fingerprint density at radius 1 is 1.27 bits per heavy atom. The molecule has 0 aromatic carbocycles. The van der Waals surface area contributed by atoms with Gasteiger partial charge in [-0.1, -0.05) is 0 Å². The molecular formula is C11H15N3O. The lowest BCUT2D eigenvalue weighted by atomic mass is 9.91. The van der Waals surface area contributed by atoms with Crippen molar-refractivity contribution in [1.82, 2.24) is 15.5 Å². The molecule has 0 bridgehead atoms. The van der Waals surface area contributed by atoms with Crippen molar-refractivity contribution in [2.45, 2.75) is 38.0 Å². The molecule has 1 unspecified atom stereocenters. The summed E-state index contributed by atoms with van der Waals surface area (Å²) in [5.41, 5.74) is 3.83. The van der Waals surface area contributed by atoms with E-state index in [9.17, 15) is 4.79 Å². The van der Waals surface area contributed by atoms with Gasteiger partial charge in [0.25, 0.3) is 0 Å². The molecule has 1 fully saturated rings. The topological polar surface area (TPSA) is 57.8 Å². The molecule has 4 heteroatoms. The number of aryl methyl sites for hydroxylation is 1. The predicted octanol–water partition coefficient (Wildman–Crippen LogP) is 0.892. The maximum Gasteiger partial charge on any atom is 0.220 e. The molecule has 80 valence electrons. The Morgan fingerprint density at radius 2 is 2.13 bits per heavy atom. The lowest BCUT2D eigenvalue weighted by molar-refractivity contribution is -0.119. The molecule has 1 aromatic heterocycles. The third kappa shape index (κ3) is 1.44. The summed E-state index contributed by atoms with van der Waals surface area (Å²) >= 11 is 0. The smallest absolute Gasteiger partial charge is 0.220 e. The highest BCUT2D eigenvalue weighted by molar-refractivity contribution is 5.79. The number of fused-ring (bicyclic) bond motifs is 1. The van der Waals surface area contributed by atoms with Crippen LogP contribution in [0.5, 0.6) is 0 Å². The summed E-state index contributed by atoms with van der Waals surface area (Å²) in [6.45, 7) is 0.760. The molecule has 3 rings (SSSR count). The molecule has 0 radical (unpaired) electrons. The number of hydrogen-bond donors (Lipinski definition) is 2. The van der Waals surface area contributed by atoms with Gasteiger partial charge in [0, 0.05) is 24.6 Å². The number of hydrogen-bond acceptors (Lipinski definition) is 2. The molecule has 0 saturated carbocycles. The van der Waals surface area contributed by atoms with E-state index in [0.717, 1.165) is 25.1 Å². The molecule has 1 aliphatic heterocycles. The Morgan fingerprint density at radius 3 is 2.93 bits per heavy atom. The fourth-order valence-electron chi connectivity index (χ4n) is 2.64. The Balaban J connectivity index is 1.91. The van der Waals surface area contributed by atoms with E-state index < -0.39 is 0 Å². The van der Waals surface area contributed by atoms with E-state index >= 15 is 0 Å². The Labute approximate surface area is 88.4 Å². The van der Waals surface area contributed by atoms with Crippen LogP contribution in [0.25, 0.3) is 0 Å². The molecule has 1 aromatic rings. The van der Waals surface area contributed by atoms with Gasteiger partial charge < -0.3 is 5.32 Å². The van der Waals surface area contributed by atoms with E-state index in [2.05, 4.69) is 15.5 Å². The molecule has 1 aliphatic carbocycles. The third-order valence-electron chi connectivity index (χ3n) is 3.45. The van der Waals surface area contributed by atoms with E-state index in [-0.39, 0.29) is 5.91 Å². The SMILES string of the molecule is O=C1CC(c2n[nH]c3c2CCCC3)CN1. The van der Waals surface area contributed by atoms with E-state index in [1.807, 2.05) is 0 Å². The number of amides is 1. The number of rotatable bonds is 1. The van der Waals surface area contributed by atoms with Gasteiger partial charge in [0.2, 0.25) is 5.91 Å². The van der Waals surface area contributed by atoms with Crippen molar-refractivity contribution in [2.75, 3.05) is 6.54 Å². The van der Waals surface area contributed by atoms with E-state index in [0.29, 0.717) is 12.3 Å². The fourth-order valence-corrected chi connectivity index (χ4v) is 2.64. The van der Waals surface area contributed by atoms with Crippen molar-refractivity contribution in [2.24, 2.45) is 0 Å². The molecular weight excluding hydrogens is 190 g/mol. The standard InChI is InChI=1S/C11H15N3O/c15-10-5-7(6-12-10)11-8-3-1-2-4-9(8)13-14-11/h7H,1-6H2,(H,12,15)(H,13,14). The lowest BCUT2D eigenvalue weighted by Crippen LogP contribution is -2.14. The molecule has 1 atom stereocenters. The Bertz CT molecular complexity index is 397. The van der Waals surface area contributed by atoms with Gasteiger partial charge in [-0.3, -0.25) is 9.89 Å². The molecule has 1 saturated heterocycles. The summed E-state index contributed by atoms with van der Waals surface area (Å²) in [7, 11) is 0. The van der Waals surface area contributed by atoms with Gasteiger partial charge in [-0.2, -0.15) is 5.10 Å². The average Bonchev–Trinajstić information content (AvgIpc) is 2.83. The van der Waals surface area contributed by atoms with Gasteiger partial charge >= 0.3 is 0 Å². The number of nitrogens with one attached hydrogen (secondary N) is 2. The zero-order valence-electron chi connectivity index (χ0n) is 8.68. The van der Waals surface area contributed by atoms with Crippen LogP contribution in [0.3, 0.4) is 0 Å². The minimum atomic E-state index is 0.160. The summed E-state index contributed by atoms with van der Waals surface area (Å²) in [5.74, 6) is 0.461. The fraction of sp³-hybridized carbons (Fsp3) is 0.636. The van der Waals surface area contributed by atoms with Crippen molar-refractivity contribution in [3.8, 4) is 0 Å². The first kappa shape index (κ1) is 8.95. The number of aromatic nitrogens is 2. The highest BCUT2D eigenvalue weighted by Crippen LogP contribution is 2.30. The van der Waals surface area contributed by atoms with Gasteiger partial charge in [-0.15, -0.1) is 0 Å². The number of H-pyrrole nitrogens is 1. The van der Waals surface area contributed by atoms with Crippen molar-refractivity contribution < 1.29 is 4.79 Å². The highest BCUT2D eigenvalue weighted by Gasteiger charge is 2.29. The summed E-state index contributed by atoms with van der Waals surface area (Å²) < 4.78 is 0. The van der Waals surface area contributed by atoms with Gasteiger partial charge in [0.05, 0.1) is 5.69 Å². The second kappa shape index (κ2) is 3.36. The van der Waals surface area contributed by atoms with Crippen molar-refractivity contribution in [1.29, 1.82) is 0 Å². The second-order valence-corrected chi connectivity index (χ2v) is 4.48. The summed E-state index contributed by atoms with van der Waals surface area (Å²) in [6.07, 6.45) is 5.38. The molecule has 4 nitrogen and oxygen atoms in total. The Kier molecular flexibility index (Phi) is 2.01. The van der Waals surface area contributed by atoms with Crippen LogP contribution in [-0.2, 0) is 17.6 Å². The molecule has 0 spiro atoms. The van der Waals surface area contributed by atoms with Gasteiger partial charge in [0.15, 0.2) is 0 Å². The number of carbonyl (C=O) groups excluding carboxylic acids is 1. The van der Waals surface area contributed by atoms with Crippen molar-refractivity contribution >= 4 is 5.91 Å². The number of aromatic amines is 1. The maximum atomic E-state index is 11.2. The molecule has 1 amide bonds. The quantitative estimate of drug-likeness (QED) is 0.715. The van der Waals surface area contributed by atoms with Crippen LogP contribution in [0, 0.1) is 0 Å². The van der Waals surface area contributed by atoms with E-state index in [1.165, 1.54) is 24.1 Å². The van der Waals surface area contributed by atoms with Crippen LogP contribution in [0.15, 0.2) is 0 Å². The van der Waals surface area contributed by atoms with Crippen LogP contribution in [0.4, 0.5) is 0 Å². The van der Waals surface area contributed by atoms with Crippen LogP contribution >= 0.6 is 0 Å².